The van der Waals surface area contributed by atoms with E-state index in [2.05, 4.69) is 23.5 Å². The van der Waals surface area contributed by atoms with Crippen molar-refractivity contribution in [2.24, 2.45) is 11.8 Å². The molecule has 3 rings (SSSR count). The lowest BCUT2D eigenvalue weighted by atomic mass is 9.69. The number of allylic oxidation sites excluding steroid dienone is 3. The molecule has 0 bridgehead atoms. The van der Waals surface area contributed by atoms with Crippen LogP contribution in [0, 0.1) is 11.8 Å². The van der Waals surface area contributed by atoms with Crippen molar-refractivity contribution in [3.8, 4) is 0 Å². The fourth-order valence-electron chi connectivity index (χ4n) is 3.36. The molecule has 1 heteroatoms. The van der Waals surface area contributed by atoms with Gasteiger partial charge in [-0.1, -0.05) is 23.8 Å². The van der Waals surface area contributed by atoms with E-state index in [0.29, 0.717) is 0 Å². The van der Waals surface area contributed by atoms with Crippen molar-refractivity contribution in [3.05, 3.63) is 23.8 Å². The van der Waals surface area contributed by atoms with E-state index >= 15 is 0 Å². The zero-order chi connectivity index (χ0) is 9.38. The van der Waals surface area contributed by atoms with Crippen LogP contribution in [0.4, 0.5) is 0 Å². The lowest BCUT2D eigenvalue weighted by Gasteiger charge is -2.42. The summed E-state index contributed by atoms with van der Waals surface area (Å²) < 4.78 is 0. The molecule has 0 aromatic rings. The number of hydrogen-bond donors (Lipinski definition) is 1. The van der Waals surface area contributed by atoms with E-state index < -0.39 is 0 Å². The van der Waals surface area contributed by atoms with Gasteiger partial charge in [-0.05, 0) is 50.5 Å². The number of nitrogens with one attached hydrogen (secondary N) is 1. The summed E-state index contributed by atoms with van der Waals surface area (Å²) in [6.45, 7) is 1.24. The number of rotatable bonds is 0. The smallest absolute Gasteiger partial charge is 0.0133 e. The molecule has 0 spiro atoms. The third-order valence-corrected chi connectivity index (χ3v) is 4.16. The molecule has 0 radical (unpaired) electrons. The lowest BCUT2D eigenvalue weighted by molar-refractivity contribution is 0.205. The van der Waals surface area contributed by atoms with Gasteiger partial charge in [0.2, 0.25) is 0 Å². The van der Waals surface area contributed by atoms with E-state index in [1.165, 1.54) is 38.6 Å². The Labute approximate surface area is 86.3 Å². The van der Waals surface area contributed by atoms with Crippen LogP contribution in [-0.4, -0.2) is 12.6 Å². The first-order valence-corrected chi connectivity index (χ1v) is 6.02. The zero-order valence-electron chi connectivity index (χ0n) is 8.71. The highest BCUT2D eigenvalue weighted by atomic mass is 14.9. The minimum atomic E-state index is 0.803. The van der Waals surface area contributed by atoms with E-state index in [1.54, 1.807) is 5.57 Å². The molecule has 1 saturated heterocycles. The van der Waals surface area contributed by atoms with Crippen molar-refractivity contribution >= 4 is 0 Å². The van der Waals surface area contributed by atoms with Crippen molar-refractivity contribution in [2.75, 3.05) is 6.54 Å². The summed E-state index contributed by atoms with van der Waals surface area (Å²) in [5, 5.41) is 3.69. The van der Waals surface area contributed by atoms with Crippen LogP contribution in [-0.2, 0) is 0 Å². The summed E-state index contributed by atoms with van der Waals surface area (Å²) in [5.41, 5.74) is 1.71. The molecule has 0 aromatic heterocycles. The molecule has 1 nitrogen and oxygen atoms in total. The van der Waals surface area contributed by atoms with Crippen LogP contribution in [0.5, 0.6) is 0 Å². The van der Waals surface area contributed by atoms with Gasteiger partial charge in [-0.15, -0.1) is 0 Å². The fraction of sp³-hybridized carbons (Fsp3) is 0.692. The lowest BCUT2D eigenvalue weighted by Crippen LogP contribution is -2.45. The van der Waals surface area contributed by atoms with E-state index in [4.69, 9.17) is 0 Å². The summed E-state index contributed by atoms with van der Waals surface area (Å²) in [6, 6.07) is 0.803. The first kappa shape index (κ1) is 8.72. The minimum Gasteiger partial charge on any atom is -0.313 e. The molecule has 1 aliphatic heterocycles. The Morgan fingerprint density at radius 2 is 2.36 bits per heavy atom. The van der Waals surface area contributed by atoms with Crippen molar-refractivity contribution in [3.63, 3.8) is 0 Å². The third-order valence-electron chi connectivity index (χ3n) is 4.16. The maximum atomic E-state index is 3.69. The topological polar surface area (TPSA) is 12.0 Å². The largest absolute Gasteiger partial charge is 0.313 e. The van der Waals surface area contributed by atoms with Crippen LogP contribution < -0.4 is 5.32 Å². The molecule has 76 valence electrons. The SMILES string of the molecule is C1=CCC2CC3CCCNC3CC2=C1. The maximum absolute atomic E-state index is 3.69. The van der Waals surface area contributed by atoms with Gasteiger partial charge in [-0.3, -0.25) is 0 Å². The van der Waals surface area contributed by atoms with Gasteiger partial charge in [-0.2, -0.15) is 0 Å². The van der Waals surface area contributed by atoms with Gasteiger partial charge in [0.15, 0.2) is 0 Å². The van der Waals surface area contributed by atoms with Crippen molar-refractivity contribution in [1.82, 2.24) is 5.32 Å². The van der Waals surface area contributed by atoms with E-state index in [9.17, 15) is 0 Å². The summed E-state index contributed by atoms with van der Waals surface area (Å²) in [6.07, 6.45) is 13.9. The van der Waals surface area contributed by atoms with Crippen molar-refractivity contribution in [2.45, 2.75) is 38.1 Å². The standard InChI is InChI=1S/C13H19N/c1-2-5-11-9-13-12(6-3-7-14-13)8-10(11)4-1/h1-2,5,10,12-14H,3-4,6-9H2. The molecule has 1 N–H and O–H groups in total. The molecule has 1 saturated carbocycles. The minimum absolute atomic E-state index is 0.803. The summed E-state index contributed by atoms with van der Waals surface area (Å²) in [5.74, 6) is 1.86. The molecule has 1 heterocycles. The molecular formula is C13H19N. The second-order valence-corrected chi connectivity index (χ2v) is 5.01. The van der Waals surface area contributed by atoms with Crippen LogP contribution >= 0.6 is 0 Å². The third kappa shape index (κ3) is 1.44. The Balaban J connectivity index is 1.78. The predicted octanol–water partition coefficient (Wildman–Crippen LogP) is 2.65. The van der Waals surface area contributed by atoms with E-state index in [1.807, 2.05) is 0 Å². The second-order valence-electron chi connectivity index (χ2n) is 5.01. The quantitative estimate of drug-likeness (QED) is 0.617. The van der Waals surface area contributed by atoms with Gasteiger partial charge in [0.05, 0.1) is 0 Å². The fourth-order valence-corrected chi connectivity index (χ4v) is 3.36. The monoisotopic (exact) mass is 189 g/mol. The first-order chi connectivity index (χ1) is 6.93. The molecule has 0 amide bonds. The van der Waals surface area contributed by atoms with E-state index in [-0.39, 0.29) is 0 Å². The van der Waals surface area contributed by atoms with Gasteiger partial charge < -0.3 is 5.32 Å². The number of fused-ring (bicyclic) bond motifs is 2. The Hall–Kier alpha value is -0.560. The highest BCUT2D eigenvalue weighted by Gasteiger charge is 2.34. The average Bonchev–Trinajstić information content (AvgIpc) is 2.26. The molecule has 2 fully saturated rings. The first-order valence-electron chi connectivity index (χ1n) is 6.02. The average molecular weight is 189 g/mol. The molecule has 3 atom stereocenters. The normalized spacial score (nSPS) is 41.1. The van der Waals surface area contributed by atoms with Crippen LogP contribution in [0.1, 0.15) is 32.1 Å². The summed E-state index contributed by atoms with van der Waals surface area (Å²) in [4.78, 5) is 0. The van der Waals surface area contributed by atoms with Gasteiger partial charge in [0, 0.05) is 6.04 Å². The van der Waals surface area contributed by atoms with Gasteiger partial charge >= 0.3 is 0 Å². The van der Waals surface area contributed by atoms with E-state index in [0.717, 1.165) is 17.9 Å². The Kier molecular flexibility index (Phi) is 2.21. The van der Waals surface area contributed by atoms with Crippen LogP contribution in [0.15, 0.2) is 23.8 Å². The van der Waals surface area contributed by atoms with Gasteiger partial charge in [0.25, 0.3) is 0 Å². The highest BCUT2D eigenvalue weighted by Crippen LogP contribution is 2.40. The summed E-state index contributed by atoms with van der Waals surface area (Å²) in [7, 11) is 0. The Morgan fingerprint density at radius 3 is 3.36 bits per heavy atom. The van der Waals surface area contributed by atoms with Crippen molar-refractivity contribution in [1.29, 1.82) is 0 Å². The van der Waals surface area contributed by atoms with Crippen LogP contribution in [0.2, 0.25) is 0 Å². The van der Waals surface area contributed by atoms with Crippen LogP contribution in [0.25, 0.3) is 0 Å². The molecule has 2 aliphatic carbocycles. The number of hydrogen-bond acceptors (Lipinski definition) is 1. The van der Waals surface area contributed by atoms with Crippen LogP contribution in [0.3, 0.4) is 0 Å². The highest BCUT2D eigenvalue weighted by molar-refractivity contribution is 5.24. The maximum Gasteiger partial charge on any atom is 0.0133 e. The Morgan fingerprint density at radius 1 is 1.36 bits per heavy atom. The molecule has 14 heavy (non-hydrogen) atoms. The molecule has 3 aliphatic rings. The predicted molar refractivity (Wildman–Crippen MR) is 59.1 cm³/mol. The zero-order valence-corrected chi connectivity index (χ0v) is 8.71. The second kappa shape index (κ2) is 3.54. The van der Waals surface area contributed by atoms with Gasteiger partial charge in [0.1, 0.15) is 0 Å². The Bertz CT molecular complexity index is 277. The molecule has 0 aromatic carbocycles. The molecular weight excluding hydrogens is 170 g/mol. The van der Waals surface area contributed by atoms with Gasteiger partial charge in [-0.25, -0.2) is 0 Å². The van der Waals surface area contributed by atoms with Crippen molar-refractivity contribution < 1.29 is 0 Å². The molecule has 3 unspecified atom stereocenters. The summed E-state index contributed by atoms with van der Waals surface area (Å²) >= 11 is 0. The number of piperidine rings is 1.